The first-order valence-corrected chi connectivity index (χ1v) is 34.1. The van der Waals surface area contributed by atoms with Crippen LogP contribution in [-0.2, 0) is 70.2 Å². The largest absolute Gasteiger partial charge is 0.507 e. The molecule has 30 nitrogen and oxygen atoms in total. The predicted molar refractivity (Wildman–Crippen MR) is 351 cm³/mol. The van der Waals surface area contributed by atoms with Crippen molar-refractivity contribution in [2.24, 2.45) is 11.7 Å². The summed E-state index contributed by atoms with van der Waals surface area (Å²) in [6, 6.07) is 8.82. The summed E-state index contributed by atoms with van der Waals surface area (Å²) in [6.07, 6.45) is -2.93. The van der Waals surface area contributed by atoms with E-state index < -0.39 is 126 Å². The number of benzene rings is 3. The van der Waals surface area contributed by atoms with Gasteiger partial charge in [-0.1, -0.05) is 44.5 Å². The Hall–Kier alpha value is -8.01. The minimum Gasteiger partial charge on any atom is -0.507 e. The third-order valence-electron chi connectivity index (χ3n) is 18.8. The van der Waals surface area contributed by atoms with Gasteiger partial charge < -0.3 is 90.0 Å². The van der Waals surface area contributed by atoms with Crippen LogP contribution in [0.2, 0.25) is 0 Å². The molecule has 0 saturated carbocycles. The molecule has 3 aromatic carbocycles. The van der Waals surface area contributed by atoms with Crippen LogP contribution in [0.3, 0.4) is 0 Å². The lowest BCUT2D eigenvalue weighted by Gasteiger charge is -2.43. The fourth-order valence-corrected chi connectivity index (χ4v) is 13.9. The van der Waals surface area contributed by atoms with E-state index in [1.807, 2.05) is 13.8 Å². The lowest BCUT2D eigenvalue weighted by Crippen LogP contribution is -2.55. The number of Topliss-reactive ketones (excluding diaryl/α,β-unsaturated/α-hetero) is 1. The Morgan fingerprint density at radius 3 is 2.28 bits per heavy atom. The number of hydrogen-bond acceptors (Lipinski definition) is 24. The summed E-state index contributed by atoms with van der Waals surface area (Å²) in [4.78, 5) is 138. The van der Waals surface area contributed by atoms with Crippen LogP contribution >= 0.6 is 11.8 Å². The number of primary amides is 1. The average Bonchev–Trinajstić information content (AvgIpc) is 0.933. The molecule has 1 unspecified atom stereocenters. The number of carbonyl (C=O) groups excluding carboxylic acids is 10. The number of phenolic OH excluding ortho intramolecular Hbond substituents is 2. The van der Waals surface area contributed by atoms with Gasteiger partial charge in [-0.2, -0.15) is 11.8 Å². The van der Waals surface area contributed by atoms with E-state index >= 15 is 0 Å². The highest BCUT2D eigenvalue weighted by Gasteiger charge is 2.56. The van der Waals surface area contributed by atoms with Gasteiger partial charge >= 0.3 is 18.2 Å². The number of phenols is 2. The molecule has 2 aliphatic carbocycles. The summed E-state index contributed by atoms with van der Waals surface area (Å²) >= 11 is 1.37. The number of thioether (sulfide) groups is 1. The van der Waals surface area contributed by atoms with Crippen molar-refractivity contribution in [3.8, 4) is 17.2 Å². The Kier molecular flexibility index (Phi) is 24.8. The maximum absolute atomic E-state index is 14.3. The Balaban J connectivity index is 0.763. The smallest absolute Gasteiger partial charge is 0.409 e. The summed E-state index contributed by atoms with van der Waals surface area (Å²) in [5.41, 5.74) is 2.05. The van der Waals surface area contributed by atoms with Crippen molar-refractivity contribution in [1.82, 2.24) is 35.6 Å². The van der Waals surface area contributed by atoms with E-state index in [0.717, 1.165) is 4.90 Å². The van der Waals surface area contributed by atoms with Gasteiger partial charge in [-0.25, -0.2) is 14.4 Å². The third kappa shape index (κ3) is 16.8. The normalized spacial score (nSPS) is 23.9. The Labute approximate surface area is 571 Å². The molecule has 6 aliphatic rings. The fourth-order valence-electron chi connectivity index (χ4n) is 13.2. The van der Waals surface area contributed by atoms with Gasteiger partial charge in [-0.3, -0.25) is 43.4 Å². The summed E-state index contributed by atoms with van der Waals surface area (Å²) in [6.45, 7) is 6.00. The van der Waals surface area contributed by atoms with Crippen LogP contribution in [0.15, 0.2) is 42.5 Å². The van der Waals surface area contributed by atoms with Crippen LogP contribution in [0.4, 0.5) is 20.1 Å². The zero-order valence-electron chi connectivity index (χ0n) is 56.3. The summed E-state index contributed by atoms with van der Waals surface area (Å²) in [5.74, 6) is -5.02. The minimum absolute atomic E-state index is 0.0122. The second-order valence-electron chi connectivity index (χ2n) is 25.7. The van der Waals surface area contributed by atoms with Crippen molar-refractivity contribution in [2.45, 2.75) is 158 Å². The quantitative estimate of drug-likeness (QED) is 0.0210. The Morgan fingerprint density at radius 1 is 0.888 bits per heavy atom. The molecule has 0 radical (unpaired) electrons. The first kappa shape index (κ1) is 74.2. The number of anilines is 1. The number of carbonyl (C=O) groups is 10. The molecule has 4 saturated heterocycles. The number of methoxy groups -OCH3 is 2. The van der Waals surface area contributed by atoms with Crippen molar-refractivity contribution in [2.75, 3.05) is 92.4 Å². The Morgan fingerprint density at radius 2 is 1.60 bits per heavy atom. The number of likely N-dealkylation sites (tertiary alicyclic amines) is 1. The van der Waals surface area contributed by atoms with Gasteiger partial charge in [0.05, 0.1) is 53.9 Å². The number of nitrogens with two attached hydrogens (primary N) is 1. The number of amides is 8. The number of aromatic hydroxyl groups is 2. The van der Waals surface area contributed by atoms with Gasteiger partial charge in [0.1, 0.15) is 35.6 Å². The van der Waals surface area contributed by atoms with Gasteiger partial charge in [-0.15, -0.1) is 0 Å². The number of likely N-dealkylation sites (N-methyl/N-ethyl adjacent to an activating group) is 2. The minimum atomic E-state index is -2.48. The molecule has 534 valence electrons. The highest BCUT2D eigenvalue weighted by Crippen LogP contribution is 2.53. The highest BCUT2D eigenvalue weighted by atomic mass is 32.2. The van der Waals surface area contributed by atoms with Crippen molar-refractivity contribution >= 4 is 76.6 Å². The second-order valence-corrected chi connectivity index (χ2v) is 26.7. The van der Waals surface area contributed by atoms with Crippen LogP contribution in [0.5, 0.6) is 17.2 Å². The maximum atomic E-state index is 14.3. The molecule has 0 bridgehead atoms. The number of nitrogens with zero attached hydrogens (tertiary/aromatic N) is 4. The maximum Gasteiger partial charge on any atom is 0.409 e. The molecule has 11 atom stereocenters. The van der Waals surface area contributed by atoms with E-state index in [1.165, 1.54) is 68.1 Å². The standard InChI is InChI=1S/C67H89N9O21S/c1-35(2)42(72-48(78)17-10-9-11-23-76-49(79)29-46(98-8)61(76)85)32-70-41(15-13-22-69-64(68)86)60(84)71-38-20-18-37(19-21-38)33-93-65(87)73(4)24-25-74(5)66(88)94-34-47(77)67(89)30-40-52(58(83)54-53(56(40)81)55(80)39-14-12-16-44(90-6)51(39)57(54)82)45(31-67)96-50-28-43-59(36(3)95-50)97-62-63(91-7)92-27-26-75(43)62/h12,14,16,18-21,35-36,41-43,45-46,50,59,62-63,70,81,83,89H,9-11,13,15,17,22-34H2,1-8H3,(H,71,84)(H,72,78)(H3,68,69,86)/t36-,41-,42+,43-,45-,46?,50-,59+,62+,63-,67-/m0/s1. The molecule has 4 aliphatic heterocycles. The number of nitrogens with one attached hydrogen (secondary N) is 4. The summed E-state index contributed by atoms with van der Waals surface area (Å²) < 4.78 is 47.0. The number of hydrogen-bond donors (Lipinski definition) is 8. The molecule has 4 fully saturated rings. The first-order valence-electron chi connectivity index (χ1n) is 32.9. The van der Waals surface area contributed by atoms with Crippen LogP contribution in [0, 0.1) is 5.92 Å². The number of fused-ring (bicyclic) bond motifs is 6. The average molecular weight is 1390 g/mol. The SMILES string of the molecule is COc1cccc2c1C(=O)c1c(O)c3c(c(O)c1C2=O)C[C@@](O)(C(=O)COC(=O)N(C)CCN(C)C(=O)OCc1ccc(NC(=O)[C@H](CCCNC(N)=O)NC[C@@H](NC(=O)CCCCCN2C(=O)CC(SC)C2=O)C(C)C)cc1)C[C@@H]3O[C@H]1C[C@H]2[C@H](O[C@@H]3[C@@H](OC)OCCN32)[C@H](C)O1. The number of aliphatic hydroxyl groups is 1. The van der Waals surface area contributed by atoms with Gasteiger partial charge in [0.25, 0.3) is 0 Å². The lowest BCUT2D eigenvalue weighted by molar-refractivity contribution is -0.256. The second kappa shape index (κ2) is 32.8. The van der Waals surface area contributed by atoms with Crippen LogP contribution in [0.25, 0.3) is 0 Å². The molecule has 9 rings (SSSR count). The molecule has 4 heterocycles. The number of unbranched alkanes of at least 4 members (excludes halogenated alkanes) is 2. The van der Waals surface area contributed by atoms with Crippen molar-refractivity contribution in [1.29, 1.82) is 0 Å². The van der Waals surface area contributed by atoms with Crippen LogP contribution in [0.1, 0.15) is 133 Å². The van der Waals surface area contributed by atoms with Crippen molar-refractivity contribution < 1.29 is 101 Å². The van der Waals surface area contributed by atoms with E-state index in [-0.39, 0.29) is 127 Å². The first-order chi connectivity index (χ1) is 46.8. The zero-order valence-corrected chi connectivity index (χ0v) is 57.1. The van der Waals surface area contributed by atoms with Gasteiger partial charge in [0.15, 0.2) is 31.2 Å². The lowest BCUT2D eigenvalue weighted by atomic mass is 9.72. The van der Waals surface area contributed by atoms with E-state index in [1.54, 1.807) is 37.4 Å². The molecule has 98 heavy (non-hydrogen) atoms. The molecule has 0 aromatic heterocycles. The molecular weight excluding hydrogens is 1300 g/mol. The zero-order chi connectivity index (χ0) is 70.9. The molecular formula is C67H89N9O21S. The molecule has 8 amide bonds. The number of morpholine rings is 1. The number of imide groups is 1. The fraction of sp³-hybridized carbons (Fsp3) is 0.582. The van der Waals surface area contributed by atoms with E-state index in [2.05, 4.69) is 26.2 Å². The number of ketones is 3. The van der Waals surface area contributed by atoms with E-state index in [0.29, 0.717) is 63.1 Å². The van der Waals surface area contributed by atoms with Gasteiger partial charge in [0.2, 0.25) is 35.2 Å². The van der Waals surface area contributed by atoms with Gasteiger partial charge in [0, 0.05) is 127 Å². The predicted octanol–water partition coefficient (Wildman–Crippen LogP) is 3.59. The highest BCUT2D eigenvalue weighted by molar-refractivity contribution is 8.00. The molecule has 31 heteroatoms. The third-order valence-corrected chi connectivity index (χ3v) is 19.7. The molecule has 0 spiro atoms. The van der Waals surface area contributed by atoms with Crippen molar-refractivity contribution in [3.05, 3.63) is 81.4 Å². The Bertz CT molecular complexity index is 3490. The van der Waals surface area contributed by atoms with Crippen LogP contribution < -0.4 is 31.7 Å². The number of rotatable bonds is 30. The summed E-state index contributed by atoms with van der Waals surface area (Å²) in [5, 5.41) is 48.2. The topological polar surface area (TPSA) is 392 Å². The monoisotopic (exact) mass is 1390 g/mol. The van der Waals surface area contributed by atoms with Crippen molar-refractivity contribution in [3.63, 3.8) is 0 Å². The number of urea groups is 1. The number of ether oxygens (including phenoxy) is 8. The van der Waals surface area contributed by atoms with E-state index in [9.17, 15) is 63.3 Å². The summed E-state index contributed by atoms with van der Waals surface area (Å²) in [7, 11) is 5.63. The van der Waals surface area contributed by atoms with Crippen LogP contribution in [-0.4, -0.2) is 241 Å². The van der Waals surface area contributed by atoms with E-state index in [4.69, 9.17) is 43.6 Å². The van der Waals surface area contributed by atoms with Gasteiger partial charge in [-0.05, 0) is 68.5 Å². The molecule has 9 N–H and O–H groups in total. The molecule has 3 aromatic rings.